The van der Waals surface area contributed by atoms with E-state index in [-0.39, 0.29) is 16.8 Å². The molecule has 1 aromatic carbocycles. The van der Waals surface area contributed by atoms with E-state index in [9.17, 15) is 19.8 Å². The van der Waals surface area contributed by atoms with Crippen molar-refractivity contribution < 1.29 is 19.8 Å². The number of nitrogens with zero attached hydrogens (tertiary/aromatic N) is 3. The molecule has 33 heavy (non-hydrogen) atoms. The van der Waals surface area contributed by atoms with Crippen molar-refractivity contribution in [3.63, 3.8) is 0 Å². The average molecular weight is 475 g/mol. The molecule has 178 valence electrons. The van der Waals surface area contributed by atoms with E-state index in [2.05, 4.69) is 15.2 Å². The number of hydrogen-bond acceptors (Lipinski definition) is 6. The van der Waals surface area contributed by atoms with Crippen molar-refractivity contribution in [2.75, 3.05) is 38.6 Å². The van der Waals surface area contributed by atoms with E-state index in [0.717, 1.165) is 44.6 Å². The number of halogens is 1. The van der Waals surface area contributed by atoms with Gasteiger partial charge in [0.15, 0.2) is 6.10 Å². The van der Waals surface area contributed by atoms with Crippen molar-refractivity contribution in [2.45, 2.75) is 31.8 Å². The minimum absolute atomic E-state index is 0.0150. The van der Waals surface area contributed by atoms with Crippen molar-refractivity contribution in [1.29, 1.82) is 0 Å². The fourth-order valence-electron chi connectivity index (χ4n) is 4.00. The Labute approximate surface area is 199 Å². The highest BCUT2D eigenvalue weighted by atomic mass is 35.5. The summed E-state index contributed by atoms with van der Waals surface area (Å²) in [6.45, 7) is 2.21. The standard InChI is InChI=1S/C24H31ClN4O4/c1-28(2)24(33)19-8-9-20(27-22(19)25)29-13-10-16(11-14-29)5-4-12-26-23(32)21(31)17-6-3-7-18(30)15-17/h3,6-9,15-16,21,30-31H,4-5,10-14H2,1-2H3,(H,26,32). The van der Waals surface area contributed by atoms with Gasteiger partial charge in [0, 0.05) is 33.7 Å². The maximum Gasteiger partial charge on any atom is 0.256 e. The molecule has 0 spiro atoms. The number of hydrogen-bond donors (Lipinski definition) is 3. The molecule has 0 aliphatic carbocycles. The summed E-state index contributed by atoms with van der Waals surface area (Å²) in [5.74, 6) is 0.719. The first-order valence-electron chi connectivity index (χ1n) is 11.1. The summed E-state index contributed by atoms with van der Waals surface area (Å²) in [7, 11) is 3.36. The van der Waals surface area contributed by atoms with Gasteiger partial charge in [-0.1, -0.05) is 23.7 Å². The molecule has 3 rings (SSSR count). The number of pyridine rings is 1. The van der Waals surface area contributed by atoms with Crippen molar-refractivity contribution in [1.82, 2.24) is 15.2 Å². The zero-order valence-corrected chi connectivity index (χ0v) is 19.8. The molecule has 1 aliphatic heterocycles. The second-order valence-corrected chi connectivity index (χ2v) is 8.93. The molecule has 2 heterocycles. The predicted molar refractivity (Wildman–Crippen MR) is 128 cm³/mol. The molecule has 1 unspecified atom stereocenters. The molecule has 0 radical (unpaired) electrons. The zero-order chi connectivity index (χ0) is 24.0. The summed E-state index contributed by atoms with van der Waals surface area (Å²) in [5, 5.41) is 22.6. The second-order valence-electron chi connectivity index (χ2n) is 8.57. The van der Waals surface area contributed by atoms with Crippen LogP contribution in [0.5, 0.6) is 5.75 Å². The van der Waals surface area contributed by atoms with Gasteiger partial charge in [-0.05, 0) is 61.4 Å². The highest BCUT2D eigenvalue weighted by Crippen LogP contribution is 2.27. The third-order valence-electron chi connectivity index (χ3n) is 5.93. The van der Waals surface area contributed by atoms with Crippen LogP contribution in [0.15, 0.2) is 36.4 Å². The molecular formula is C24H31ClN4O4. The topological polar surface area (TPSA) is 106 Å². The lowest BCUT2D eigenvalue weighted by molar-refractivity contribution is -0.129. The number of phenolic OH excluding ortho intramolecular Hbond substituents is 1. The van der Waals surface area contributed by atoms with Crippen LogP contribution in [0.3, 0.4) is 0 Å². The summed E-state index contributed by atoms with van der Waals surface area (Å²) >= 11 is 6.25. The molecule has 8 nitrogen and oxygen atoms in total. The van der Waals surface area contributed by atoms with Gasteiger partial charge in [-0.15, -0.1) is 0 Å². The van der Waals surface area contributed by atoms with Crippen LogP contribution < -0.4 is 10.2 Å². The van der Waals surface area contributed by atoms with Crippen LogP contribution >= 0.6 is 11.6 Å². The van der Waals surface area contributed by atoms with E-state index in [1.54, 1.807) is 32.3 Å². The predicted octanol–water partition coefficient (Wildman–Crippen LogP) is 2.99. The van der Waals surface area contributed by atoms with Crippen molar-refractivity contribution >= 4 is 29.2 Å². The molecule has 0 saturated carbocycles. The summed E-state index contributed by atoms with van der Waals surface area (Å²) < 4.78 is 0. The van der Waals surface area contributed by atoms with E-state index in [4.69, 9.17) is 11.6 Å². The van der Waals surface area contributed by atoms with Crippen molar-refractivity contribution in [3.8, 4) is 5.75 Å². The zero-order valence-electron chi connectivity index (χ0n) is 19.0. The van der Waals surface area contributed by atoms with Gasteiger partial charge < -0.3 is 25.3 Å². The highest BCUT2D eigenvalue weighted by molar-refractivity contribution is 6.32. The van der Waals surface area contributed by atoms with Gasteiger partial charge in [-0.2, -0.15) is 0 Å². The van der Waals surface area contributed by atoms with Crippen LogP contribution in [0, 0.1) is 5.92 Å². The fourth-order valence-corrected chi connectivity index (χ4v) is 4.23. The number of phenols is 1. The fraction of sp³-hybridized carbons (Fsp3) is 0.458. The molecule has 1 saturated heterocycles. The number of aliphatic hydroxyl groups is 1. The summed E-state index contributed by atoms with van der Waals surface area (Å²) in [5.41, 5.74) is 0.768. The number of nitrogens with one attached hydrogen (secondary N) is 1. The third kappa shape index (κ3) is 6.58. The lowest BCUT2D eigenvalue weighted by Crippen LogP contribution is -2.35. The van der Waals surface area contributed by atoms with Crippen LogP contribution in [-0.4, -0.2) is 65.6 Å². The smallest absolute Gasteiger partial charge is 0.256 e. The molecule has 1 aliphatic rings. The Kier molecular flexibility index (Phi) is 8.52. The minimum atomic E-state index is -1.29. The largest absolute Gasteiger partial charge is 0.508 e. The highest BCUT2D eigenvalue weighted by Gasteiger charge is 2.22. The van der Waals surface area contributed by atoms with Crippen LogP contribution in [0.4, 0.5) is 5.82 Å². The van der Waals surface area contributed by atoms with Gasteiger partial charge in [-0.25, -0.2) is 4.98 Å². The van der Waals surface area contributed by atoms with Gasteiger partial charge in [0.2, 0.25) is 0 Å². The molecule has 1 aromatic heterocycles. The molecule has 1 atom stereocenters. The van der Waals surface area contributed by atoms with E-state index < -0.39 is 12.0 Å². The van der Waals surface area contributed by atoms with Crippen LogP contribution in [0.1, 0.15) is 47.7 Å². The number of anilines is 1. The minimum Gasteiger partial charge on any atom is -0.508 e. The van der Waals surface area contributed by atoms with Crippen LogP contribution in [-0.2, 0) is 4.79 Å². The van der Waals surface area contributed by atoms with E-state index in [1.165, 1.54) is 17.0 Å². The number of carbonyl (C=O) groups is 2. The Balaban J connectivity index is 1.40. The lowest BCUT2D eigenvalue weighted by atomic mass is 9.92. The van der Waals surface area contributed by atoms with E-state index >= 15 is 0 Å². The van der Waals surface area contributed by atoms with Gasteiger partial charge >= 0.3 is 0 Å². The number of amides is 2. The maximum atomic E-state index is 12.1. The number of piperidine rings is 1. The number of rotatable bonds is 8. The first-order valence-corrected chi connectivity index (χ1v) is 11.5. The Hall–Kier alpha value is -2.84. The van der Waals surface area contributed by atoms with Gasteiger partial charge in [0.1, 0.15) is 16.7 Å². The number of carbonyl (C=O) groups excluding carboxylic acids is 2. The lowest BCUT2D eigenvalue weighted by Gasteiger charge is -2.33. The molecule has 1 fully saturated rings. The molecular weight excluding hydrogens is 444 g/mol. The second kappa shape index (κ2) is 11.3. The number of aromatic hydroxyl groups is 1. The van der Waals surface area contributed by atoms with Gasteiger partial charge in [0.25, 0.3) is 11.8 Å². The van der Waals surface area contributed by atoms with Crippen molar-refractivity contribution in [3.05, 3.63) is 52.7 Å². The third-order valence-corrected chi connectivity index (χ3v) is 6.22. The normalized spacial score (nSPS) is 15.2. The molecule has 2 aromatic rings. The number of aliphatic hydroxyl groups excluding tert-OH is 1. The average Bonchev–Trinajstić information content (AvgIpc) is 2.81. The number of benzene rings is 1. The number of aromatic nitrogens is 1. The summed E-state index contributed by atoms with van der Waals surface area (Å²) in [4.78, 5) is 32.3. The molecule has 2 amide bonds. The monoisotopic (exact) mass is 474 g/mol. The van der Waals surface area contributed by atoms with E-state index in [0.29, 0.717) is 23.6 Å². The van der Waals surface area contributed by atoms with Gasteiger partial charge in [-0.3, -0.25) is 9.59 Å². The Morgan fingerprint density at radius 1 is 1.24 bits per heavy atom. The van der Waals surface area contributed by atoms with Crippen LogP contribution in [0.25, 0.3) is 0 Å². The maximum absolute atomic E-state index is 12.1. The first-order chi connectivity index (χ1) is 15.8. The first kappa shape index (κ1) is 24.8. The Morgan fingerprint density at radius 2 is 1.97 bits per heavy atom. The van der Waals surface area contributed by atoms with Gasteiger partial charge in [0.05, 0.1) is 5.56 Å². The Bertz CT molecular complexity index is 977. The van der Waals surface area contributed by atoms with Crippen molar-refractivity contribution in [2.24, 2.45) is 5.92 Å². The summed E-state index contributed by atoms with van der Waals surface area (Å²) in [6.07, 6.45) is 2.55. The quantitative estimate of drug-likeness (QED) is 0.401. The van der Waals surface area contributed by atoms with Crippen LogP contribution in [0.2, 0.25) is 5.15 Å². The summed E-state index contributed by atoms with van der Waals surface area (Å²) in [6, 6.07) is 9.64. The molecule has 0 bridgehead atoms. The molecule has 3 N–H and O–H groups in total. The SMILES string of the molecule is CN(C)C(=O)c1ccc(N2CCC(CCCNC(=O)C(O)c3cccc(O)c3)CC2)nc1Cl. The molecule has 9 heteroatoms. The van der Waals surface area contributed by atoms with E-state index in [1.807, 2.05) is 6.07 Å². The Morgan fingerprint density at radius 3 is 2.61 bits per heavy atom.